The largest absolute Gasteiger partial charge is 0.388 e. The van der Waals surface area contributed by atoms with E-state index in [1.54, 1.807) is 12.1 Å². The fraction of sp³-hybridized carbons (Fsp3) is 0.600. The third kappa shape index (κ3) is 3.06. The Balaban J connectivity index is 1.39. The standard InChI is InChI=1S/C30H37FN2O3/c1-4-18-15-29(3)24(11-12-30(29,36)26(35)17-34)23-10-5-20-13-25-19(14-28(20,2)27(18)23)16-32-33(25)22-8-6-21(31)7-9-22/h6-9,13,16,18,23-24,27,34,36H,4-5,10-12,14-15,17H2,1-3H3. The molecule has 0 aliphatic heterocycles. The minimum Gasteiger partial charge on any atom is -0.388 e. The van der Waals surface area contributed by atoms with Crippen molar-refractivity contribution >= 4 is 11.9 Å². The molecule has 0 spiro atoms. The molecule has 7 unspecified atom stereocenters. The Hall–Kier alpha value is -2.31. The summed E-state index contributed by atoms with van der Waals surface area (Å²) in [5.74, 6) is 0.958. The van der Waals surface area contributed by atoms with Crippen molar-refractivity contribution in [2.24, 2.45) is 34.5 Å². The minimum absolute atomic E-state index is 0.0102. The van der Waals surface area contributed by atoms with E-state index in [4.69, 9.17) is 5.10 Å². The second kappa shape index (κ2) is 8.09. The number of Topliss-reactive ketones (excluding diaryl/α,β-unsaturated/α-hetero) is 1. The van der Waals surface area contributed by atoms with Crippen molar-refractivity contribution in [3.63, 3.8) is 0 Å². The first-order valence-electron chi connectivity index (χ1n) is 13.6. The molecular formula is C30H37FN2O3. The van der Waals surface area contributed by atoms with Crippen LogP contribution in [0.3, 0.4) is 0 Å². The van der Waals surface area contributed by atoms with Gasteiger partial charge in [0.25, 0.3) is 0 Å². The van der Waals surface area contributed by atoms with Crippen LogP contribution in [0.2, 0.25) is 0 Å². The zero-order valence-electron chi connectivity index (χ0n) is 21.5. The topological polar surface area (TPSA) is 75.3 Å². The van der Waals surface area contributed by atoms with Gasteiger partial charge in [-0.1, -0.05) is 32.8 Å². The number of carbonyl (C=O) groups is 1. The van der Waals surface area contributed by atoms with Crippen LogP contribution < -0.4 is 0 Å². The van der Waals surface area contributed by atoms with Crippen molar-refractivity contribution in [1.82, 2.24) is 9.78 Å². The van der Waals surface area contributed by atoms with Crippen molar-refractivity contribution < 1.29 is 19.4 Å². The molecule has 36 heavy (non-hydrogen) atoms. The van der Waals surface area contributed by atoms with E-state index >= 15 is 0 Å². The van der Waals surface area contributed by atoms with Gasteiger partial charge in [0.05, 0.1) is 17.6 Å². The van der Waals surface area contributed by atoms with Crippen molar-refractivity contribution in [3.8, 4) is 5.69 Å². The number of nitrogens with zero attached hydrogens (tertiary/aromatic N) is 2. The number of hydrogen-bond donors (Lipinski definition) is 2. The van der Waals surface area contributed by atoms with Gasteiger partial charge in [0.2, 0.25) is 0 Å². The van der Waals surface area contributed by atoms with Gasteiger partial charge in [0.1, 0.15) is 18.0 Å². The van der Waals surface area contributed by atoms with E-state index in [1.807, 2.05) is 10.9 Å². The Morgan fingerprint density at radius 3 is 2.67 bits per heavy atom. The van der Waals surface area contributed by atoms with Crippen LogP contribution >= 0.6 is 0 Å². The van der Waals surface area contributed by atoms with Gasteiger partial charge in [-0.3, -0.25) is 4.79 Å². The molecule has 2 N–H and O–H groups in total. The number of aliphatic hydroxyl groups is 2. The van der Waals surface area contributed by atoms with Gasteiger partial charge in [-0.25, -0.2) is 9.07 Å². The van der Waals surface area contributed by atoms with Crippen molar-refractivity contribution in [1.29, 1.82) is 0 Å². The van der Waals surface area contributed by atoms with E-state index < -0.39 is 23.4 Å². The number of hydrogen-bond acceptors (Lipinski definition) is 4. The highest BCUT2D eigenvalue weighted by molar-refractivity contribution is 5.89. The number of benzene rings is 1. The maximum atomic E-state index is 13.5. The first-order chi connectivity index (χ1) is 17.2. The van der Waals surface area contributed by atoms with Crippen LogP contribution in [0.25, 0.3) is 11.8 Å². The number of allylic oxidation sites excluding steroid dienone is 1. The summed E-state index contributed by atoms with van der Waals surface area (Å²) in [6.45, 7) is 6.21. The fourth-order valence-corrected chi connectivity index (χ4v) is 9.23. The molecule has 1 aromatic carbocycles. The summed E-state index contributed by atoms with van der Waals surface area (Å²) < 4.78 is 15.4. The SMILES string of the molecule is CCC1CC2(C)C(CCC2(O)C(=O)CO)C2CCC3=Cc4c(cnn4-c4ccc(F)cc4)CC3(C)C12. The fourth-order valence-electron chi connectivity index (χ4n) is 9.23. The van der Waals surface area contributed by atoms with Crippen LogP contribution in [0, 0.1) is 40.3 Å². The highest BCUT2D eigenvalue weighted by Crippen LogP contribution is 2.69. The Kier molecular flexibility index (Phi) is 5.41. The summed E-state index contributed by atoms with van der Waals surface area (Å²) in [5, 5.41) is 26.0. The number of carbonyl (C=O) groups excluding carboxylic acids is 1. The van der Waals surface area contributed by atoms with Gasteiger partial charge in [0, 0.05) is 5.41 Å². The average molecular weight is 493 g/mol. The van der Waals surface area contributed by atoms with Crippen molar-refractivity contribution in [2.45, 2.75) is 71.3 Å². The van der Waals surface area contributed by atoms with Crippen LogP contribution in [0.15, 0.2) is 36.0 Å². The Labute approximate surface area is 212 Å². The van der Waals surface area contributed by atoms with Gasteiger partial charge in [0.15, 0.2) is 5.78 Å². The zero-order valence-corrected chi connectivity index (χ0v) is 21.5. The molecule has 6 rings (SSSR count). The molecule has 0 bridgehead atoms. The lowest BCUT2D eigenvalue weighted by Crippen LogP contribution is -2.60. The van der Waals surface area contributed by atoms with Gasteiger partial charge in [-0.15, -0.1) is 0 Å². The van der Waals surface area contributed by atoms with E-state index in [1.165, 1.54) is 23.3 Å². The molecule has 6 heteroatoms. The summed E-state index contributed by atoms with van der Waals surface area (Å²) in [6, 6.07) is 6.50. The first kappa shape index (κ1) is 24.1. The second-order valence-corrected chi connectivity index (χ2v) is 12.3. The number of fused-ring (bicyclic) bond motifs is 6. The Morgan fingerprint density at radius 1 is 1.22 bits per heavy atom. The zero-order chi connectivity index (χ0) is 25.5. The number of aliphatic hydroxyl groups excluding tert-OH is 1. The minimum atomic E-state index is -1.42. The molecule has 4 aliphatic carbocycles. The maximum Gasteiger partial charge on any atom is 0.190 e. The normalized spacial score (nSPS) is 39.0. The third-order valence-corrected chi connectivity index (χ3v) is 10.9. The lowest BCUT2D eigenvalue weighted by atomic mass is 9.43. The second-order valence-electron chi connectivity index (χ2n) is 12.3. The molecule has 3 saturated carbocycles. The van der Waals surface area contributed by atoms with Gasteiger partial charge < -0.3 is 10.2 Å². The highest BCUT2D eigenvalue weighted by Gasteiger charge is 2.67. The lowest BCUT2D eigenvalue weighted by Gasteiger charge is -2.61. The van der Waals surface area contributed by atoms with Crippen LogP contribution in [0.4, 0.5) is 4.39 Å². The van der Waals surface area contributed by atoms with Crippen molar-refractivity contribution in [3.05, 3.63) is 53.1 Å². The van der Waals surface area contributed by atoms with E-state index in [0.717, 1.165) is 49.9 Å². The van der Waals surface area contributed by atoms with Gasteiger partial charge in [-0.05, 0) is 104 Å². The highest BCUT2D eigenvalue weighted by atomic mass is 19.1. The van der Waals surface area contributed by atoms with E-state index in [9.17, 15) is 19.4 Å². The summed E-state index contributed by atoms with van der Waals surface area (Å²) in [5.41, 5.74) is 2.78. The van der Waals surface area contributed by atoms with Gasteiger partial charge >= 0.3 is 0 Å². The van der Waals surface area contributed by atoms with Crippen LogP contribution in [0.1, 0.15) is 70.6 Å². The molecule has 192 valence electrons. The molecule has 0 amide bonds. The van der Waals surface area contributed by atoms with Crippen LogP contribution in [-0.2, 0) is 11.2 Å². The van der Waals surface area contributed by atoms with E-state index in [0.29, 0.717) is 24.2 Å². The number of ketones is 1. The molecule has 5 nitrogen and oxygen atoms in total. The molecule has 0 radical (unpaired) electrons. The van der Waals surface area contributed by atoms with E-state index in [2.05, 4.69) is 26.8 Å². The van der Waals surface area contributed by atoms with Gasteiger partial charge in [-0.2, -0.15) is 5.10 Å². The summed E-state index contributed by atoms with van der Waals surface area (Å²) in [7, 11) is 0. The molecule has 1 aromatic heterocycles. The molecule has 7 atom stereocenters. The average Bonchev–Trinajstić information content (AvgIpc) is 3.39. The van der Waals surface area contributed by atoms with Crippen molar-refractivity contribution in [2.75, 3.05) is 6.61 Å². The summed E-state index contributed by atoms with van der Waals surface area (Å²) in [4.78, 5) is 12.8. The predicted molar refractivity (Wildman–Crippen MR) is 136 cm³/mol. The number of aromatic nitrogens is 2. The number of halogens is 1. The molecule has 3 fully saturated rings. The maximum absolute atomic E-state index is 13.5. The Bertz CT molecular complexity index is 1240. The first-order valence-corrected chi connectivity index (χ1v) is 13.6. The third-order valence-electron chi connectivity index (χ3n) is 10.9. The predicted octanol–water partition coefficient (Wildman–Crippen LogP) is 5.12. The molecular weight excluding hydrogens is 455 g/mol. The molecule has 2 aromatic rings. The summed E-state index contributed by atoms with van der Waals surface area (Å²) in [6.07, 6.45) is 10.4. The summed E-state index contributed by atoms with van der Waals surface area (Å²) >= 11 is 0. The molecule has 1 heterocycles. The smallest absolute Gasteiger partial charge is 0.190 e. The van der Waals surface area contributed by atoms with Crippen LogP contribution in [0.5, 0.6) is 0 Å². The van der Waals surface area contributed by atoms with Crippen LogP contribution in [-0.4, -0.2) is 38.0 Å². The quantitative estimate of drug-likeness (QED) is 0.621. The lowest BCUT2D eigenvalue weighted by molar-refractivity contribution is -0.171. The molecule has 4 aliphatic rings. The number of rotatable bonds is 4. The Morgan fingerprint density at radius 2 is 1.97 bits per heavy atom. The molecule has 0 saturated heterocycles. The van der Waals surface area contributed by atoms with E-state index in [-0.39, 0.29) is 17.2 Å². The monoisotopic (exact) mass is 492 g/mol.